The van der Waals surface area contributed by atoms with Gasteiger partial charge in [-0.05, 0) is 12.0 Å². The molecule has 1 aliphatic rings. The van der Waals surface area contributed by atoms with Crippen LogP contribution in [0.3, 0.4) is 0 Å². The lowest BCUT2D eigenvalue weighted by atomic mass is 9.86. The molecule has 0 spiro atoms. The molecule has 0 fully saturated rings. The van der Waals surface area contributed by atoms with Crippen molar-refractivity contribution < 1.29 is 49.5 Å². The fourth-order valence-electron chi connectivity index (χ4n) is 2.32. The maximum Gasteiger partial charge on any atom is 0.413 e. The number of nitrogens with zero attached hydrogens (tertiary/aromatic N) is 1. The molecule has 0 bridgehead atoms. The maximum absolute atomic E-state index is 11.4. The van der Waals surface area contributed by atoms with Crippen LogP contribution in [0.2, 0.25) is 0 Å². The Bertz CT molecular complexity index is 686. The van der Waals surface area contributed by atoms with E-state index in [9.17, 15) is 34.2 Å². The first-order valence-electron chi connectivity index (χ1n) is 5.98. The van der Waals surface area contributed by atoms with Crippen molar-refractivity contribution in [3.63, 3.8) is 0 Å². The zero-order valence-electron chi connectivity index (χ0n) is 11.5. The first-order chi connectivity index (χ1) is 10.6. The number of carboxylic acid groups (broad SMARTS) is 5. The molecule has 11 nitrogen and oxygen atoms in total. The molecule has 0 aromatic heterocycles. The van der Waals surface area contributed by atoms with Crippen LogP contribution in [0.15, 0.2) is 22.4 Å². The smallest absolute Gasteiger partial charge is 0.413 e. The van der Waals surface area contributed by atoms with Gasteiger partial charge in [0.05, 0.1) is 5.57 Å². The first kappa shape index (κ1) is 17.7. The fraction of sp³-hybridized carbons (Fsp3) is 0.250. The van der Waals surface area contributed by atoms with Gasteiger partial charge in [0.25, 0.3) is 0 Å². The van der Waals surface area contributed by atoms with E-state index < -0.39 is 58.4 Å². The molecular formula is C12H11NO10. The Balaban J connectivity index is 4.02. The second-order valence-corrected chi connectivity index (χ2v) is 4.29. The number of hydrogen-bond donors (Lipinski definition) is 5. The summed E-state index contributed by atoms with van der Waals surface area (Å²) >= 11 is 0. The van der Waals surface area contributed by atoms with Crippen LogP contribution in [-0.4, -0.2) is 66.4 Å². The van der Waals surface area contributed by atoms with Crippen LogP contribution in [0.4, 0.5) is 4.79 Å². The third-order valence-corrected chi connectivity index (χ3v) is 3.09. The molecule has 0 aromatic rings. The van der Waals surface area contributed by atoms with Gasteiger partial charge in [0, 0.05) is 0 Å². The SMILES string of the molecule is CCC1=C(C(=O)O)C(C(=O)O)=C(C(=O)O)N(C(=O)O)C1C(=O)O. The quantitative estimate of drug-likeness (QED) is 0.445. The van der Waals surface area contributed by atoms with Gasteiger partial charge in [-0.15, -0.1) is 0 Å². The highest BCUT2D eigenvalue weighted by Crippen LogP contribution is 2.35. The summed E-state index contributed by atoms with van der Waals surface area (Å²) in [5, 5.41) is 45.7. The summed E-state index contributed by atoms with van der Waals surface area (Å²) in [4.78, 5) is 56.4. The van der Waals surface area contributed by atoms with Gasteiger partial charge in [-0.1, -0.05) is 6.92 Å². The molecule has 1 amide bonds. The number of aliphatic carboxylic acids is 4. The molecule has 0 radical (unpaired) electrons. The Morgan fingerprint density at radius 3 is 1.61 bits per heavy atom. The van der Waals surface area contributed by atoms with Crippen molar-refractivity contribution in [1.29, 1.82) is 0 Å². The lowest BCUT2D eigenvalue weighted by Crippen LogP contribution is -2.51. The molecule has 0 aliphatic carbocycles. The predicted molar refractivity (Wildman–Crippen MR) is 68.5 cm³/mol. The van der Waals surface area contributed by atoms with Crippen LogP contribution < -0.4 is 0 Å². The number of hydrogen-bond acceptors (Lipinski definition) is 5. The van der Waals surface area contributed by atoms with E-state index in [0.717, 1.165) is 0 Å². The Hall–Kier alpha value is -3.37. The van der Waals surface area contributed by atoms with Gasteiger partial charge in [-0.25, -0.2) is 24.0 Å². The van der Waals surface area contributed by atoms with E-state index in [4.69, 9.17) is 15.3 Å². The predicted octanol–water partition coefficient (Wildman–Crippen LogP) is -0.352. The second-order valence-electron chi connectivity index (χ2n) is 4.29. The van der Waals surface area contributed by atoms with Crippen molar-refractivity contribution in [3.05, 3.63) is 22.4 Å². The van der Waals surface area contributed by atoms with Crippen molar-refractivity contribution >= 4 is 30.0 Å². The second kappa shape index (κ2) is 6.17. The molecule has 0 saturated carbocycles. The molecule has 1 aliphatic heterocycles. The van der Waals surface area contributed by atoms with Gasteiger partial charge in [-0.2, -0.15) is 0 Å². The van der Waals surface area contributed by atoms with Crippen LogP contribution in [0, 0.1) is 0 Å². The van der Waals surface area contributed by atoms with Gasteiger partial charge in [0.1, 0.15) is 11.3 Å². The molecule has 1 atom stereocenters. The number of carboxylic acids is 4. The summed E-state index contributed by atoms with van der Waals surface area (Å²) in [6.07, 6.45) is -2.35. The Kier molecular flexibility index (Phi) is 4.74. The van der Waals surface area contributed by atoms with E-state index >= 15 is 0 Å². The van der Waals surface area contributed by atoms with Crippen LogP contribution in [0.1, 0.15) is 13.3 Å². The minimum Gasteiger partial charge on any atom is -0.479 e. The first-order valence-corrected chi connectivity index (χ1v) is 5.98. The van der Waals surface area contributed by atoms with Crippen LogP contribution in [-0.2, 0) is 19.2 Å². The normalized spacial score (nSPS) is 18.0. The van der Waals surface area contributed by atoms with Crippen molar-refractivity contribution in [3.8, 4) is 0 Å². The summed E-state index contributed by atoms with van der Waals surface area (Å²) in [5.41, 5.74) is -4.30. The molecule has 0 aromatic carbocycles. The molecular weight excluding hydrogens is 318 g/mol. The van der Waals surface area contributed by atoms with Crippen molar-refractivity contribution in [2.24, 2.45) is 0 Å². The average Bonchev–Trinajstić information content (AvgIpc) is 2.42. The minimum atomic E-state index is -2.15. The molecule has 5 N–H and O–H groups in total. The minimum absolute atomic E-state index is 0.167. The van der Waals surface area contributed by atoms with Gasteiger partial charge in [0.15, 0.2) is 6.04 Å². The monoisotopic (exact) mass is 329 g/mol. The third kappa shape index (κ3) is 2.84. The van der Waals surface area contributed by atoms with Crippen LogP contribution in [0.5, 0.6) is 0 Å². The Morgan fingerprint density at radius 1 is 0.870 bits per heavy atom. The van der Waals surface area contributed by atoms with Crippen molar-refractivity contribution in [1.82, 2.24) is 4.90 Å². The van der Waals surface area contributed by atoms with Crippen LogP contribution in [0.25, 0.3) is 0 Å². The summed E-state index contributed by atoms with van der Waals surface area (Å²) in [5.74, 6) is -7.77. The topological polar surface area (TPSA) is 190 Å². The average molecular weight is 329 g/mol. The zero-order valence-corrected chi connectivity index (χ0v) is 11.5. The summed E-state index contributed by atoms with van der Waals surface area (Å²) < 4.78 is 0. The van der Waals surface area contributed by atoms with E-state index in [1.807, 2.05) is 0 Å². The molecule has 11 heteroatoms. The molecule has 1 heterocycles. The fourth-order valence-corrected chi connectivity index (χ4v) is 2.32. The van der Waals surface area contributed by atoms with E-state index in [-0.39, 0.29) is 11.3 Å². The van der Waals surface area contributed by atoms with Gasteiger partial charge in [-0.3, -0.25) is 4.90 Å². The number of amides is 1. The number of carbonyl (C=O) groups is 5. The lowest BCUT2D eigenvalue weighted by Gasteiger charge is -2.34. The summed E-state index contributed by atoms with van der Waals surface area (Å²) in [6, 6.07) is -2.15. The summed E-state index contributed by atoms with van der Waals surface area (Å²) in [7, 11) is 0. The van der Waals surface area contributed by atoms with Crippen LogP contribution >= 0.6 is 0 Å². The van der Waals surface area contributed by atoms with E-state index in [2.05, 4.69) is 0 Å². The lowest BCUT2D eigenvalue weighted by molar-refractivity contribution is -0.143. The van der Waals surface area contributed by atoms with Gasteiger partial charge < -0.3 is 25.5 Å². The van der Waals surface area contributed by atoms with Crippen molar-refractivity contribution in [2.45, 2.75) is 19.4 Å². The third-order valence-electron chi connectivity index (χ3n) is 3.09. The highest BCUT2D eigenvalue weighted by molar-refractivity contribution is 6.13. The number of rotatable bonds is 5. The summed E-state index contributed by atoms with van der Waals surface area (Å²) in [6.45, 7) is 1.29. The molecule has 1 unspecified atom stereocenters. The molecule has 0 saturated heterocycles. The molecule has 1 rings (SSSR count). The molecule has 124 valence electrons. The van der Waals surface area contributed by atoms with Gasteiger partial charge in [0.2, 0.25) is 0 Å². The maximum atomic E-state index is 11.4. The standard InChI is InChI=1S/C12H11NO10/c1-2-3-4(8(14)15)5(9(16)17)7(11(20)21)13(12(22)23)6(3)10(18)19/h6H,2H2,1H3,(H,14,15)(H,16,17)(H,18,19)(H,20,21)(H,22,23). The Labute approximate surface area is 127 Å². The Morgan fingerprint density at radius 2 is 1.35 bits per heavy atom. The zero-order chi connectivity index (χ0) is 18.1. The van der Waals surface area contributed by atoms with Crippen molar-refractivity contribution in [2.75, 3.05) is 0 Å². The molecule has 23 heavy (non-hydrogen) atoms. The highest BCUT2D eigenvalue weighted by Gasteiger charge is 2.47. The highest BCUT2D eigenvalue weighted by atomic mass is 16.4. The van der Waals surface area contributed by atoms with Gasteiger partial charge >= 0.3 is 30.0 Å². The van der Waals surface area contributed by atoms with E-state index in [1.165, 1.54) is 6.92 Å². The largest absolute Gasteiger partial charge is 0.479 e. The van der Waals surface area contributed by atoms with E-state index in [1.54, 1.807) is 0 Å². The van der Waals surface area contributed by atoms with E-state index in [0.29, 0.717) is 0 Å².